The Morgan fingerprint density at radius 3 is 2.92 bits per heavy atom. The highest BCUT2D eigenvalue weighted by Gasteiger charge is 2.30. The van der Waals surface area contributed by atoms with E-state index in [0.29, 0.717) is 24.3 Å². The monoisotopic (exact) mass is 355 g/mol. The molecule has 2 aromatic rings. The fourth-order valence-electron chi connectivity index (χ4n) is 4.49. The number of piperidine rings is 1. The largest absolute Gasteiger partial charge is 0.497 e. The molecule has 1 atom stereocenters. The van der Waals surface area contributed by atoms with Crippen molar-refractivity contribution in [2.75, 3.05) is 26.7 Å². The van der Waals surface area contributed by atoms with Crippen molar-refractivity contribution in [3.05, 3.63) is 29.5 Å². The minimum absolute atomic E-state index is 0.305. The Balaban J connectivity index is 1.49. The molecule has 0 saturated carbocycles. The lowest BCUT2D eigenvalue weighted by Crippen LogP contribution is -2.47. The molecule has 5 heteroatoms. The van der Waals surface area contributed by atoms with Crippen molar-refractivity contribution < 1.29 is 9.53 Å². The average Bonchev–Trinajstić information content (AvgIpc) is 3.00. The van der Waals surface area contributed by atoms with Crippen molar-refractivity contribution in [3.8, 4) is 5.75 Å². The molecule has 0 bridgehead atoms. The molecule has 1 saturated heterocycles. The van der Waals surface area contributed by atoms with Crippen molar-refractivity contribution in [1.29, 1.82) is 0 Å². The molecule has 5 nitrogen and oxygen atoms in total. The lowest BCUT2D eigenvalue weighted by molar-refractivity contribution is -0.137. The van der Waals surface area contributed by atoms with Crippen LogP contribution in [0.3, 0.4) is 0 Å². The minimum Gasteiger partial charge on any atom is -0.497 e. The number of carbonyl (C=O) groups excluding carboxylic acids is 1. The molecule has 1 amide bonds. The maximum atomic E-state index is 12.1. The van der Waals surface area contributed by atoms with Gasteiger partial charge in [-0.05, 0) is 49.9 Å². The smallest absolute Gasteiger partial charge is 0.222 e. The van der Waals surface area contributed by atoms with E-state index in [-0.39, 0.29) is 0 Å². The van der Waals surface area contributed by atoms with Gasteiger partial charge in [-0.3, -0.25) is 9.69 Å². The number of nitrogens with one attached hydrogen (secondary N) is 1. The van der Waals surface area contributed by atoms with Crippen LogP contribution in [-0.2, 0) is 17.8 Å². The standard InChI is InChI=1S/C21H29N3O2/c1-14(2)24-12-15(4-7-21(24)25)11-23-9-8-20-18(13-23)17-10-16(26-3)5-6-19(17)22-20/h5-6,10,14-15,22H,4,7-9,11-13H2,1-3H3. The van der Waals surface area contributed by atoms with Crippen molar-refractivity contribution in [2.45, 2.75) is 45.7 Å². The number of carbonyl (C=O) groups is 1. The van der Waals surface area contributed by atoms with Gasteiger partial charge in [0.1, 0.15) is 5.75 Å². The first-order valence-electron chi connectivity index (χ1n) is 9.74. The van der Waals surface area contributed by atoms with E-state index in [9.17, 15) is 4.79 Å². The molecule has 3 heterocycles. The van der Waals surface area contributed by atoms with Crippen LogP contribution >= 0.6 is 0 Å². The van der Waals surface area contributed by atoms with E-state index >= 15 is 0 Å². The molecule has 1 aromatic heterocycles. The second-order valence-corrected chi connectivity index (χ2v) is 8.02. The molecular formula is C21H29N3O2. The molecule has 26 heavy (non-hydrogen) atoms. The van der Waals surface area contributed by atoms with E-state index < -0.39 is 0 Å². The number of likely N-dealkylation sites (tertiary alicyclic amines) is 1. The van der Waals surface area contributed by atoms with E-state index in [1.165, 1.54) is 22.2 Å². The van der Waals surface area contributed by atoms with Gasteiger partial charge in [0.25, 0.3) is 0 Å². The number of amides is 1. The van der Waals surface area contributed by atoms with Gasteiger partial charge in [-0.1, -0.05) is 0 Å². The number of hydrogen-bond donors (Lipinski definition) is 1. The van der Waals surface area contributed by atoms with Crippen LogP contribution < -0.4 is 4.74 Å². The summed E-state index contributed by atoms with van der Waals surface area (Å²) in [6, 6.07) is 6.58. The Kier molecular flexibility index (Phi) is 4.65. The number of rotatable bonds is 4. The first-order chi connectivity index (χ1) is 12.5. The topological polar surface area (TPSA) is 48.6 Å². The van der Waals surface area contributed by atoms with Crippen molar-refractivity contribution in [1.82, 2.24) is 14.8 Å². The van der Waals surface area contributed by atoms with Crippen LogP contribution in [0, 0.1) is 5.92 Å². The van der Waals surface area contributed by atoms with Crippen LogP contribution in [0.2, 0.25) is 0 Å². The second-order valence-electron chi connectivity index (χ2n) is 8.02. The molecule has 0 aliphatic carbocycles. The Bertz CT molecular complexity index is 811. The summed E-state index contributed by atoms with van der Waals surface area (Å²) in [5, 5.41) is 1.28. The number of H-pyrrole nitrogens is 1. The second kappa shape index (κ2) is 6.95. The Labute approximate surface area is 155 Å². The molecular weight excluding hydrogens is 326 g/mol. The number of hydrogen-bond acceptors (Lipinski definition) is 3. The maximum absolute atomic E-state index is 12.1. The lowest BCUT2D eigenvalue weighted by Gasteiger charge is -2.38. The number of aromatic nitrogens is 1. The number of fused-ring (bicyclic) bond motifs is 3. The van der Waals surface area contributed by atoms with Gasteiger partial charge < -0.3 is 14.6 Å². The molecule has 1 unspecified atom stereocenters. The lowest BCUT2D eigenvalue weighted by atomic mass is 9.94. The van der Waals surface area contributed by atoms with Crippen LogP contribution in [0.25, 0.3) is 10.9 Å². The fraction of sp³-hybridized carbons (Fsp3) is 0.571. The summed E-state index contributed by atoms with van der Waals surface area (Å²) in [5.74, 6) is 1.81. The van der Waals surface area contributed by atoms with Gasteiger partial charge in [-0.2, -0.15) is 0 Å². The van der Waals surface area contributed by atoms with Crippen molar-refractivity contribution in [2.24, 2.45) is 5.92 Å². The van der Waals surface area contributed by atoms with Gasteiger partial charge >= 0.3 is 0 Å². The van der Waals surface area contributed by atoms with Crippen LogP contribution in [0.15, 0.2) is 18.2 Å². The molecule has 0 radical (unpaired) electrons. The highest BCUT2D eigenvalue weighted by molar-refractivity contribution is 5.86. The van der Waals surface area contributed by atoms with Gasteiger partial charge in [0, 0.05) is 61.7 Å². The number of ether oxygens (including phenoxy) is 1. The summed E-state index contributed by atoms with van der Waals surface area (Å²) < 4.78 is 5.41. The summed E-state index contributed by atoms with van der Waals surface area (Å²) in [6.45, 7) is 8.28. The van der Waals surface area contributed by atoms with Crippen LogP contribution in [0.1, 0.15) is 37.9 Å². The predicted octanol–water partition coefficient (Wildman–Crippen LogP) is 3.18. The molecule has 1 aromatic carbocycles. The van der Waals surface area contributed by atoms with Gasteiger partial charge in [-0.25, -0.2) is 0 Å². The van der Waals surface area contributed by atoms with Gasteiger partial charge in [0.2, 0.25) is 5.91 Å². The molecule has 1 fully saturated rings. The Morgan fingerprint density at radius 1 is 1.31 bits per heavy atom. The van der Waals surface area contributed by atoms with Crippen LogP contribution in [-0.4, -0.2) is 53.5 Å². The quantitative estimate of drug-likeness (QED) is 0.916. The van der Waals surface area contributed by atoms with Gasteiger partial charge in [-0.15, -0.1) is 0 Å². The third kappa shape index (κ3) is 3.20. The van der Waals surface area contributed by atoms with E-state index in [4.69, 9.17) is 4.74 Å². The zero-order valence-corrected chi connectivity index (χ0v) is 16.0. The molecule has 1 N–H and O–H groups in total. The maximum Gasteiger partial charge on any atom is 0.222 e. The van der Waals surface area contributed by atoms with Crippen molar-refractivity contribution >= 4 is 16.8 Å². The normalized spacial score (nSPS) is 21.5. The van der Waals surface area contributed by atoms with Gasteiger partial charge in [0.15, 0.2) is 0 Å². The zero-order valence-electron chi connectivity index (χ0n) is 16.0. The number of aromatic amines is 1. The number of benzene rings is 1. The van der Waals surface area contributed by atoms with E-state index in [2.05, 4.69) is 40.8 Å². The van der Waals surface area contributed by atoms with E-state index in [1.807, 2.05) is 6.07 Å². The van der Waals surface area contributed by atoms with Crippen molar-refractivity contribution in [3.63, 3.8) is 0 Å². The molecule has 4 rings (SSSR count). The molecule has 0 spiro atoms. The van der Waals surface area contributed by atoms with E-state index in [0.717, 1.165) is 44.8 Å². The molecule has 140 valence electrons. The van der Waals surface area contributed by atoms with E-state index in [1.54, 1.807) is 7.11 Å². The minimum atomic E-state index is 0.305. The first-order valence-corrected chi connectivity index (χ1v) is 9.74. The highest BCUT2D eigenvalue weighted by Crippen LogP contribution is 2.31. The number of nitrogens with zero attached hydrogens (tertiary/aromatic N) is 2. The third-order valence-electron chi connectivity index (χ3n) is 5.94. The summed E-state index contributed by atoms with van der Waals surface area (Å²) in [6.07, 6.45) is 2.78. The summed E-state index contributed by atoms with van der Waals surface area (Å²) >= 11 is 0. The summed E-state index contributed by atoms with van der Waals surface area (Å²) in [7, 11) is 1.72. The molecule has 2 aliphatic rings. The Hall–Kier alpha value is -2.01. The van der Waals surface area contributed by atoms with Crippen LogP contribution in [0.5, 0.6) is 5.75 Å². The summed E-state index contributed by atoms with van der Waals surface area (Å²) in [5.41, 5.74) is 3.98. The fourth-order valence-corrected chi connectivity index (χ4v) is 4.49. The summed E-state index contributed by atoms with van der Waals surface area (Å²) in [4.78, 5) is 20.3. The first kappa shape index (κ1) is 17.4. The Morgan fingerprint density at radius 2 is 2.15 bits per heavy atom. The third-order valence-corrected chi connectivity index (χ3v) is 5.94. The number of methoxy groups -OCH3 is 1. The SMILES string of the molecule is COc1ccc2[nH]c3c(c2c1)CN(CC1CCC(=O)N(C(C)C)C1)CC3. The van der Waals surface area contributed by atoms with Crippen LogP contribution in [0.4, 0.5) is 0 Å². The predicted molar refractivity (Wildman–Crippen MR) is 103 cm³/mol. The highest BCUT2D eigenvalue weighted by atomic mass is 16.5. The zero-order chi connectivity index (χ0) is 18.3. The van der Waals surface area contributed by atoms with Gasteiger partial charge in [0.05, 0.1) is 7.11 Å². The average molecular weight is 355 g/mol. The molecule has 2 aliphatic heterocycles.